The standard InChI is InChI=1S/C25H23N5O3/c1-28-14-17-11-18(7-10-20(17)26-28)30-25(32)23(16-5-8-19(33-2)9-6-16)24-21(27-30)12-22(31)29(24)13-15-3-4-15/h5-11,14-15H,3-4,12-13H2,1-2H3/i2D3. The smallest absolute Gasteiger partial charge is 0.281 e. The zero-order chi connectivity index (χ0) is 25.2. The molecule has 1 aliphatic carbocycles. The van der Waals surface area contributed by atoms with Gasteiger partial charge in [0.05, 0.1) is 45.7 Å². The Balaban J connectivity index is 1.52. The zero-order valence-electron chi connectivity index (χ0n) is 21.0. The highest BCUT2D eigenvalue weighted by Crippen LogP contribution is 2.40. The molecular formula is C25H23N5O3. The predicted octanol–water partition coefficient (Wildman–Crippen LogP) is 3.09. The second-order valence-corrected chi connectivity index (χ2v) is 8.68. The van der Waals surface area contributed by atoms with E-state index in [-0.39, 0.29) is 23.6 Å². The third kappa shape index (κ3) is 3.29. The van der Waals surface area contributed by atoms with Crippen molar-refractivity contribution in [2.45, 2.75) is 19.3 Å². The molecule has 1 aliphatic heterocycles. The van der Waals surface area contributed by atoms with E-state index < -0.39 is 7.04 Å². The molecule has 1 fully saturated rings. The van der Waals surface area contributed by atoms with Crippen LogP contribution in [0, 0.1) is 5.92 Å². The van der Waals surface area contributed by atoms with E-state index >= 15 is 0 Å². The molecule has 1 saturated carbocycles. The van der Waals surface area contributed by atoms with Crippen molar-refractivity contribution in [1.29, 1.82) is 0 Å². The van der Waals surface area contributed by atoms with Gasteiger partial charge in [0.25, 0.3) is 5.56 Å². The molecule has 2 aromatic heterocycles. The average Bonchev–Trinajstić information content (AvgIpc) is 3.48. The number of hydrogen-bond donors (Lipinski definition) is 0. The van der Waals surface area contributed by atoms with Crippen LogP contribution in [0.4, 0.5) is 5.69 Å². The summed E-state index contributed by atoms with van der Waals surface area (Å²) in [7, 11) is -0.748. The number of fused-ring (bicyclic) bond motifs is 2. The molecule has 6 rings (SSSR count). The van der Waals surface area contributed by atoms with Gasteiger partial charge in [-0.1, -0.05) is 12.1 Å². The minimum Gasteiger partial charge on any atom is -0.497 e. The van der Waals surface area contributed by atoms with Gasteiger partial charge in [-0.25, -0.2) is 0 Å². The third-order valence-electron chi connectivity index (χ3n) is 6.27. The van der Waals surface area contributed by atoms with E-state index in [9.17, 15) is 9.59 Å². The van der Waals surface area contributed by atoms with Crippen molar-refractivity contribution in [2.75, 3.05) is 18.5 Å². The van der Waals surface area contributed by atoms with Crippen LogP contribution >= 0.6 is 0 Å². The molecule has 3 heterocycles. The highest BCUT2D eigenvalue weighted by molar-refractivity contribution is 6.05. The molecule has 0 spiro atoms. The maximum Gasteiger partial charge on any atom is 0.281 e. The van der Waals surface area contributed by atoms with Crippen LogP contribution < -0.4 is 15.2 Å². The summed E-state index contributed by atoms with van der Waals surface area (Å²) in [5.41, 5.74) is 3.01. The maximum absolute atomic E-state index is 14.0. The molecule has 0 bridgehead atoms. The number of rotatable bonds is 5. The molecule has 0 atom stereocenters. The quantitative estimate of drug-likeness (QED) is 0.472. The summed E-state index contributed by atoms with van der Waals surface area (Å²) in [6.07, 6.45) is 4.10. The summed E-state index contributed by atoms with van der Waals surface area (Å²) in [6, 6.07) is 11.8. The van der Waals surface area contributed by atoms with E-state index in [4.69, 9.17) is 8.85 Å². The van der Waals surface area contributed by atoms with Crippen molar-refractivity contribution in [3.05, 3.63) is 64.7 Å². The number of hydrogen-bond acceptors (Lipinski definition) is 5. The Morgan fingerprint density at radius 2 is 1.94 bits per heavy atom. The van der Waals surface area contributed by atoms with Crippen LogP contribution in [0.25, 0.3) is 27.7 Å². The monoisotopic (exact) mass is 444 g/mol. The number of benzene rings is 2. The van der Waals surface area contributed by atoms with Gasteiger partial charge in [-0.3, -0.25) is 14.3 Å². The van der Waals surface area contributed by atoms with Gasteiger partial charge in [-0.05, 0) is 54.7 Å². The van der Waals surface area contributed by atoms with Crippen LogP contribution in [-0.2, 0) is 18.3 Å². The lowest BCUT2D eigenvalue weighted by Crippen LogP contribution is -2.31. The number of amides is 1. The van der Waals surface area contributed by atoms with Crippen molar-refractivity contribution in [1.82, 2.24) is 19.6 Å². The summed E-state index contributed by atoms with van der Waals surface area (Å²) in [5, 5.41) is 9.88. The Morgan fingerprint density at radius 1 is 1.12 bits per heavy atom. The lowest BCUT2D eigenvalue weighted by Gasteiger charge is -2.21. The lowest BCUT2D eigenvalue weighted by atomic mass is 10.0. The molecule has 0 saturated heterocycles. The molecule has 8 heteroatoms. The van der Waals surface area contributed by atoms with Gasteiger partial charge in [0.1, 0.15) is 5.75 Å². The Labute approximate surface area is 194 Å². The minimum absolute atomic E-state index is 0.0760. The fourth-order valence-corrected chi connectivity index (χ4v) is 4.48. The van der Waals surface area contributed by atoms with E-state index in [0.717, 1.165) is 23.7 Å². The van der Waals surface area contributed by atoms with Crippen LogP contribution in [0.5, 0.6) is 5.75 Å². The molecule has 0 N–H and O–H groups in total. The van der Waals surface area contributed by atoms with Crippen molar-refractivity contribution in [2.24, 2.45) is 13.0 Å². The first kappa shape index (κ1) is 16.7. The zero-order valence-corrected chi connectivity index (χ0v) is 18.0. The number of aryl methyl sites for hydroxylation is 1. The van der Waals surface area contributed by atoms with Crippen LogP contribution in [0.15, 0.2) is 53.5 Å². The fraction of sp³-hybridized carbons (Fsp3) is 0.280. The number of ether oxygens (including phenoxy) is 1. The highest BCUT2D eigenvalue weighted by Gasteiger charge is 2.37. The SMILES string of the molecule is [2H]C([2H])([2H])Oc1ccc(-c2c3c(nn(-c4ccc5nn(C)cc5c4)c2=O)CC(=O)N3CC2CC2)cc1. The second-order valence-electron chi connectivity index (χ2n) is 8.68. The largest absolute Gasteiger partial charge is 0.497 e. The molecule has 2 aliphatic rings. The number of carbonyl (C=O) groups is 1. The molecule has 33 heavy (non-hydrogen) atoms. The van der Waals surface area contributed by atoms with Crippen molar-refractivity contribution < 1.29 is 13.6 Å². The molecule has 0 radical (unpaired) electrons. The van der Waals surface area contributed by atoms with Crippen LogP contribution in [0.1, 0.15) is 22.6 Å². The Morgan fingerprint density at radius 3 is 2.70 bits per heavy atom. The summed E-state index contributed by atoms with van der Waals surface area (Å²) in [5.74, 6) is 0.517. The second kappa shape index (κ2) is 7.30. The van der Waals surface area contributed by atoms with Crippen molar-refractivity contribution >= 4 is 22.5 Å². The molecule has 4 aromatic rings. The van der Waals surface area contributed by atoms with Gasteiger partial charge >= 0.3 is 0 Å². The van der Waals surface area contributed by atoms with Gasteiger partial charge in [0, 0.05) is 25.2 Å². The number of methoxy groups -OCH3 is 1. The van der Waals surface area contributed by atoms with Crippen LogP contribution in [-0.4, -0.2) is 39.1 Å². The molecule has 1 amide bonds. The lowest BCUT2D eigenvalue weighted by molar-refractivity contribution is -0.117. The fourth-order valence-electron chi connectivity index (χ4n) is 4.48. The molecule has 0 unspecified atom stereocenters. The third-order valence-corrected chi connectivity index (χ3v) is 6.27. The number of carbonyl (C=O) groups excluding carboxylic acids is 1. The topological polar surface area (TPSA) is 82.2 Å². The Bertz CT molecular complexity index is 1570. The van der Waals surface area contributed by atoms with Gasteiger partial charge in [0.2, 0.25) is 5.91 Å². The van der Waals surface area contributed by atoms with Crippen molar-refractivity contribution in [3.63, 3.8) is 0 Å². The summed E-state index contributed by atoms with van der Waals surface area (Å²) >= 11 is 0. The minimum atomic E-state index is -2.58. The maximum atomic E-state index is 14.0. The van der Waals surface area contributed by atoms with Gasteiger partial charge < -0.3 is 9.64 Å². The van der Waals surface area contributed by atoms with Crippen molar-refractivity contribution in [3.8, 4) is 22.6 Å². The summed E-state index contributed by atoms with van der Waals surface area (Å²) < 4.78 is 30.0. The van der Waals surface area contributed by atoms with Crippen LogP contribution in [0.2, 0.25) is 0 Å². The predicted molar refractivity (Wildman–Crippen MR) is 125 cm³/mol. The number of anilines is 1. The first-order valence-corrected chi connectivity index (χ1v) is 10.9. The highest BCUT2D eigenvalue weighted by atomic mass is 16.5. The summed E-state index contributed by atoms with van der Waals surface area (Å²) in [4.78, 5) is 28.7. The Hall–Kier alpha value is -3.94. The number of aromatic nitrogens is 4. The summed E-state index contributed by atoms with van der Waals surface area (Å²) in [6.45, 7) is 0.561. The van der Waals surface area contributed by atoms with Crippen LogP contribution in [0.3, 0.4) is 0 Å². The molecular weight excluding hydrogens is 418 g/mol. The van der Waals surface area contributed by atoms with Gasteiger partial charge in [-0.15, -0.1) is 0 Å². The first-order chi connectivity index (χ1) is 17.2. The first-order valence-electron chi connectivity index (χ1n) is 12.4. The van der Waals surface area contributed by atoms with E-state index in [2.05, 4.69) is 10.2 Å². The average molecular weight is 445 g/mol. The van der Waals surface area contributed by atoms with E-state index in [1.54, 1.807) is 27.8 Å². The Kier molecular flexibility index (Phi) is 3.68. The van der Waals surface area contributed by atoms with Gasteiger partial charge in [0.15, 0.2) is 0 Å². The van der Waals surface area contributed by atoms with E-state index in [1.807, 2.05) is 25.4 Å². The van der Waals surface area contributed by atoms with Gasteiger partial charge in [-0.2, -0.15) is 14.9 Å². The molecule has 166 valence electrons. The van der Waals surface area contributed by atoms with E-state index in [1.165, 1.54) is 16.8 Å². The van der Waals surface area contributed by atoms with E-state index in [0.29, 0.717) is 40.7 Å². The number of nitrogens with zero attached hydrogens (tertiary/aromatic N) is 5. The molecule has 8 nitrogen and oxygen atoms in total. The normalized spacial score (nSPS) is 17.1. The molecule has 2 aromatic carbocycles.